The highest BCUT2D eigenvalue weighted by Gasteiger charge is 2.35. The van der Waals surface area contributed by atoms with E-state index in [0.29, 0.717) is 63.5 Å². The molecule has 220 valence electrons. The number of likely N-dealkylation sites (tertiary alicyclic amines) is 1. The van der Waals surface area contributed by atoms with Crippen LogP contribution in [0.4, 0.5) is 15.9 Å². The molecule has 2 atom stereocenters. The highest BCUT2D eigenvalue weighted by molar-refractivity contribution is 7.59. The molecule has 0 N–H and O–H groups in total. The number of anilines is 2. The van der Waals surface area contributed by atoms with Gasteiger partial charge in [0.2, 0.25) is 12.5 Å². The molecule has 0 radical (unpaired) electrons. The van der Waals surface area contributed by atoms with Crippen molar-refractivity contribution < 1.29 is 18.7 Å². The Morgan fingerprint density at radius 2 is 2.05 bits per heavy atom. The van der Waals surface area contributed by atoms with E-state index < -0.39 is 5.82 Å². The van der Waals surface area contributed by atoms with E-state index in [2.05, 4.69) is 28.3 Å². The van der Waals surface area contributed by atoms with Crippen LogP contribution in [0.2, 0.25) is 0 Å². The van der Waals surface area contributed by atoms with Gasteiger partial charge in [-0.15, -0.1) is 0 Å². The summed E-state index contributed by atoms with van der Waals surface area (Å²) >= 11 is 0. The molecule has 5 rings (SSSR count). The smallest absolute Gasteiger partial charge is 0.318 e. The number of piperazine rings is 1. The number of fused-ring (bicyclic) bond motifs is 1. The molecule has 1 aromatic carbocycles. The van der Waals surface area contributed by atoms with E-state index in [4.69, 9.17) is 26.0 Å². The molecule has 4 heterocycles. The lowest BCUT2D eigenvalue weighted by atomic mass is 10.0. The summed E-state index contributed by atoms with van der Waals surface area (Å²) in [4.78, 5) is 33.9. The predicted octanol–water partition coefficient (Wildman–Crippen LogP) is 2.90. The minimum atomic E-state index is -0.395. The summed E-state index contributed by atoms with van der Waals surface area (Å²) in [6, 6.07) is 5.48. The fourth-order valence-electron chi connectivity index (χ4n) is 5.90. The third kappa shape index (κ3) is 6.36. The number of hydrogen-bond donors (Lipinski definition) is 0. The molecule has 1 amide bonds. The predicted molar refractivity (Wildman–Crippen MR) is 161 cm³/mol. The van der Waals surface area contributed by atoms with Gasteiger partial charge in [-0.3, -0.25) is 4.79 Å². The minimum Gasteiger partial charge on any atom is -0.494 e. The molecule has 3 aliphatic rings. The average molecular weight is 584 g/mol. The van der Waals surface area contributed by atoms with E-state index in [1.54, 1.807) is 23.1 Å². The van der Waals surface area contributed by atoms with Gasteiger partial charge in [0.05, 0.1) is 25.0 Å². The van der Waals surface area contributed by atoms with Crippen LogP contribution in [0.5, 0.6) is 11.8 Å². The zero-order valence-electron chi connectivity index (χ0n) is 23.7. The van der Waals surface area contributed by atoms with Crippen molar-refractivity contribution in [2.45, 2.75) is 37.9 Å². The second-order valence-corrected chi connectivity index (χ2v) is 10.5. The molecule has 12 heteroatoms. The van der Waals surface area contributed by atoms with Gasteiger partial charge < -0.3 is 33.9 Å². The first-order valence-corrected chi connectivity index (χ1v) is 13.7. The number of hydrogen-bond acceptors (Lipinski definition) is 8. The van der Waals surface area contributed by atoms with Crippen molar-refractivity contribution in [3.63, 3.8) is 0 Å². The number of nitrogens with zero attached hydrogens (tertiary/aromatic N) is 7. The van der Waals surface area contributed by atoms with Crippen LogP contribution in [0.3, 0.4) is 0 Å². The van der Waals surface area contributed by atoms with E-state index in [9.17, 15) is 4.79 Å². The van der Waals surface area contributed by atoms with Crippen LogP contribution in [-0.2, 0) is 17.8 Å². The van der Waals surface area contributed by atoms with Crippen molar-refractivity contribution in [1.82, 2.24) is 19.8 Å². The standard InChI is InChI=1S/C29H36FN7O3.H2S/c1-5-26(38)37-15-14-36(17-21(37)16-31-2)28-22-11-13-35(24-9-6-10-25(39-4)27(24)30)18-23(22)32-29(33-28)40-19-20-8-7-12-34(20)3;/h5-6,9-10,20-21H,1,7-8,11-19H2,3-4H3;1H2/t20-,21?;/m0./s1. The Hall–Kier alpha value is -3.56. The maximum Gasteiger partial charge on any atom is 0.318 e. The zero-order valence-corrected chi connectivity index (χ0v) is 24.7. The Balaban J connectivity index is 0.00000387. The van der Waals surface area contributed by atoms with Crippen LogP contribution >= 0.6 is 13.5 Å². The first-order chi connectivity index (χ1) is 19.4. The van der Waals surface area contributed by atoms with Crippen LogP contribution < -0.4 is 19.3 Å². The lowest BCUT2D eigenvalue weighted by molar-refractivity contribution is -0.128. The molecule has 2 aromatic rings. The van der Waals surface area contributed by atoms with E-state index in [1.807, 2.05) is 4.90 Å². The normalized spacial score (nSPS) is 20.6. The summed E-state index contributed by atoms with van der Waals surface area (Å²) in [6.07, 6.45) is 4.12. The summed E-state index contributed by atoms with van der Waals surface area (Å²) in [5.41, 5.74) is 2.25. The highest BCUT2D eigenvalue weighted by atomic mass is 32.1. The third-order valence-electron chi connectivity index (χ3n) is 8.14. The Morgan fingerprint density at radius 1 is 1.22 bits per heavy atom. The Kier molecular flexibility index (Phi) is 9.94. The van der Waals surface area contributed by atoms with Crippen LogP contribution in [0.15, 0.2) is 30.9 Å². The molecular weight excluding hydrogens is 545 g/mol. The molecule has 0 spiro atoms. The fraction of sp³-hybridized carbons (Fsp3) is 0.517. The van der Waals surface area contributed by atoms with Gasteiger partial charge >= 0.3 is 6.01 Å². The van der Waals surface area contributed by atoms with Crippen molar-refractivity contribution >= 4 is 30.9 Å². The summed E-state index contributed by atoms with van der Waals surface area (Å²) in [5.74, 6) is 0.410. The van der Waals surface area contributed by atoms with E-state index >= 15 is 4.39 Å². The Labute approximate surface area is 248 Å². The molecule has 2 saturated heterocycles. The number of carbonyl (C=O) groups excluding carboxylic acids is 1. The molecule has 0 bridgehead atoms. The van der Waals surface area contributed by atoms with E-state index in [0.717, 1.165) is 36.5 Å². The second-order valence-electron chi connectivity index (χ2n) is 10.5. The van der Waals surface area contributed by atoms with Gasteiger partial charge in [-0.05, 0) is 51.1 Å². The number of rotatable bonds is 8. The van der Waals surface area contributed by atoms with Gasteiger partial charge in [-0.25, -0.2) is 11.0 Å². The lowest BCUT2D eigenvalue weighted by Crippen LogP contribution is -2.56. The first kappa shape index (κ1) is 30.4. The van der Waals surface area contributed by atoms with Gasteiger partial charge in [-0.1, -0.05) is 12.6 Å². The number of likely N-dealkylation sites (N-methyl/N-ethyl adjacent to an activating group) is 1. The second kappa shape index (κ2) is 13.4. The average Bonchev–Trinajstić information content (AvgIpc) is 3.39. The largest absolute Gasteiger partial charge is 0.494 e. The van der Waals surface area contributed by atoms with E-state index in [-0.39, 0.29) is 37.7 Å². The van der Waals surface area contributed by atoms with Gasteiger partial charge in [0.25, 0.3) is 0 Å². The van der Waals surface area contributed by atoms with Crippen LogP contribution in [0.1, 0.15) is 24.1 Å². The molecule has 1 aromatic heterocycles. The Morgan fingerprint density at radius 3 is 2.76 bits per heavy atom. The number of halogens is 1. The molecular formula is C29H38FN7O3S. The summed E-state index contributed by atoms with van der Waals surface area (Å²) < 4.78 is 26.5. The SMILES string of the molecule is S.[C-]#[N+]CC1CN(c2nc(OC[C@@H]3CCCN3C)nc3c2CCN(c2cccc(OC)c2F)C3)CCN1C(=O)C=C. The van der Waals surface area contributed by atoms with Crippen LogP contribution in [-0.4, -0.2) is 97.8 Å². The van der Waals surface area contributed by atoms with Gasteiger partial charge in [0.1, 0.15) is 18.5 Å². The molecule has 0 saturated carbocycles. The highest BCUT2D eigenvalue weighted by Crippen LogP contribution is 2.35. The maximum atomic E-state index is 15.2. The van der Waals surface area contributed by atoms with Crippen molar-refractivity contribution in [3.8, 4) is 11.8 Å². The quantitative estimate of drug-likeness (QED) is 0.347. The van der Waals surface area contributed by atoms with Crippen molar-refractivity contribution in [2.75, 3.05) is 69.8 Å². The van der Waals surface area contributed by atoms with Gasteiger partial charge in [0.15, 0.2) is 11.6 Å². The molecule has 2 fully saturated rings. The number of methoxy groups -OCH3 is 1. The number of carbonyl (C=O) groups is 1. The van der Waals surface area contributed by atoms with Crippen molar-refractivity contribution in [3.05, 3.63) is 59.3 Å². The van der Waals surface area contributed by atoms with Gasteiger partial charge in [0, 0.05) is 37.8 Å². The first-order valence-electron chi connectivity index (χ1n) is 13.7. The summed E-state index contributed by atoms with van der Waals surface area (Å²) in [5, 5.41) is 0. The fourth-order valence-corrected chi connectivity index (χ4v) is 5.90. The Bertz CT molecular complexity index is 1310. The van der Waals surface area contributed by atoms with Crippen molar-refractivity contribution in [1.29, 1.82) is 0 Å². The zero-order chi connectivity index (χ0) is 28.2. The minimum absolute atomic E-state index is 0. The number of amides is 1. The summed E-state index contributed by atoms with van der Waals surface area (Å²) in [7, 11) is 3.56. The van der Waals surface area contributed by atoms with Gasteiger partial charge in [-0.2, -0.15) is 23.5 Å². The molecule has 1 unspecified atom stereocenters. The lowest BCUT2D eigenvalue weighted by Gasteiger charge is -2.41. The molecule has 10 nitrogen and oxygen atoms in total. The van der Waals surface area contributed by atoms with Crippen LogP contribution in [0, 0.1) is 12.4 Å². The number of ether oxygens (including phenoxy) is 2. The third-order valence-corrected chi connectivity index (χ3v) is 8.14. The monoisotopic (exact) mass is 583 g/mol. The molecule has 3 aliphatic heterocycles. The van der Waals surface area contributed by atoms with E-state index in [1.165, 1.54) is 13.2 Å². The molecule has 0 aliphatic carbocycles. The number of aromatic nitrogens is 2. The van der Waals surface area contributed by atoms with Crippen LogP contribution in [0.25, 0.3) is 4.85 Å². The summed E-state index contributed by atoms with van der Waals surface area (Å²) in [6.45, 7) is 15.3. The maximum absolute atomic E-state index is 15.2. The topological polar surface area (TPSA) is 78.6 Å². The number of benzene rings is 1. The molecule has 41 heavy (non-hydrogen) atoms. The van der Waals surface area contributed by atoms with Crippen molar-refractivity contribution in [2.24, 2.45) is 0 Å².